The maximum Gasteiger partial charge on any atom is 0.134 e. The first-order valence-corrected chi connectivity index (χ1v) is 7.33. The molecule has 1 rings (SSSR count). The zero-order chi connectivity index (χ0) is 12.5. The number of methoxy groups -OCH3 is 1. The molecule has 1 unspecified atom stereocenters. The Morgan fingerprint density at radius 2 is 2.06 bits per heavy atom. The van der Waals surface area contributed by atoms with Gasteiger partial charge in [0.15, 0.2) is 0 Å². The van der Waals surface area contributed by atoms with Gasteiger partial charge < -0.3 is 10.1 Å². The van der Waals surface area contributed by atoms with Crippen molar-refractivity contribution in [3.05, 3.63) is 24.3 Å². The molecule has 0 saturated carbocycles. The molecule has 1 aromatic carbocycles. The largest absolute Gasteiger partial charge is 0.495 e. The molecule has 0 amide bonds. The van der Waals surface area contributed by atoms with Crippen LogP contribution in [-0.4, -0.2) is 30.2 Å². The number of ether oxygens (including phenoxy) is 1. The summed E-state index contributed by atoms with van der Waals surface area (Å²) in [5.74, 6) is 1.39. The van der Waals surface area contributed by atoms with Crippen LogP contribution in [0.5, 0.6) is 5.75 Å². The van der Waals surface area contributed by atoms with Crippen molar-refractivity contribution in [3.8, 4) is 5.75 Å². The van der Waals surface area contributed by atoms with Crippen LogP contribution >= 0.6 is 0 Å². The number of hydrogen-bond donors (Lipinski definition) is 1. The predicted octanol–water partition coefficient (Wildman–Crippen LogP) is 2.19. The molecular weight excluding hydrogens is 234 g/mol. The van der Waals surface area contributed by atoms with Gasteiger partial charge in [-0.25, -0.2) is 0 Å². The van der Waals surface area contributed by atoms with E-state index in [1.807, 2.05) is 24.3 Å². The van der Waals surface area contributed by atoms with Crippen molar-refractivity contribution in [2.45, 2.75) is 24.7 Å². The highest BCUT2D eigenvalue weighted by Gasteiger charge is 2.08. The van der Waals surface area contributed by atoms with E-state index in [0.29, 0.717) is 11.5 Å². The molecular formula is C13H21NO2S. The van der Waals surface area contributed by atoms with Crippen LogP contribution in [0.2, 0.25) is 0 Å². The third-order valence-electron chi connectivity index (χ3n) is 2.42. The summed E-state index contributed by atoms with van der Waals surface area (Å²) in [6.07, 6.45) is 2.06. The van der Waals surface area contributed by atoms with Crippen molar-refractivity contribution in [2.24, 2.45) is 0 Å². The lowest BCUT2D eigenvalue weighted by atomic mass is 10.3. The predicted molar refractivity (Wildman–Crippen MR) is 72.0 cm³/mol. The highest BCUT2D eigenvalue weighted by atomic mass is 32.2. The number of hydrogen-bond acceptors (Lipinski definition) is 3. The molecule has 0 aliphatic heterocycles. The van der Waals surface area contributed by atoms with E-state index in [4.69, 9.17) is 4.74 Å². The van der Waals surface area contributed by atoms with Crippen LogP contribution in [0.4, 0.5) is 0 Å². The summed E-state index contributed by atoms with van der Waals surface area (Å²) in [6.45, 7) is 4.09. The van der Waals surface area contributed by atoms with Gasteiger partial charge in [-0.15, -0.1) is 0 Å². The third kappa shape index (κ3) is 4.88. The SMILES string of the molecule is CCCNCCCS(=O)c1ccccc1OC. The number of para-hydroxylation sites is 1. The molecule has 0 aliphatic rings. The molecule has 1 aromatic rings. The molecule has 3 nitrogen and oxygen atoms in total. The Kier molecular flexibility index (Phi) is 6.89. The first-order valence-electron chi connectivity index (χ1n) is 6.01. The van der Waals surface area contributed by atoms with Gasteiger partial charge in [0.25, 0.3) is 0 Å². The lowest BCUT2D eigenvalue weighted by Gasteiger charge is -2.08. The average Bonchev–Trinajstić information content (AvgIpc) is 2.38. The van der Waals surface area contributed by atoms with Crippen molar-refractivity contribution in [1.29, 1.82) is 0 Å². The van der Waals surface area contributed by atoms with Crippen LogP contribution in [0.1, 0.15) is 19.8 Å². The molecule has 0 saturated heterocycles. The highest BCUT2D eigenvalue weighted by molar-refractivity contribution is 7.85. The van der Waals surface area contributed by atoms with E-state index in [-0.39, 0.29) is 0 Å². The molecule has 96 valence electrons. The van der Waals surface area contributed by atoms with Gasteiger partial charge in [0.2, 0.25) is 0 Å². The summed E-state index contributed by atoms with van der Waals surface area (Å²) in [6, 6.07) is 7.50. The normalized spacial score (nSPS) is 12.4. The van der Waals surface area contributed by atoms with E-state index < -0.39 is 10.8 Å². The molecule has 0 fully saturated rings. The van der Waals surface area contributed by atoms with E-state index in [2.05, 4.69) is 12.2 Å². The second kappa shape index (κ2) is 8.25. The standard InChI is InChI=1S/C13H21NO2S/c1-3-9-14-10-6-11-17(15)13-8-5-4-7-12(13)16-2/h4-5,7-8,14H,3,6,9-11H2,1-2H3. The molecule has 0 spiro atoms. The van der Waals surface area contributed by atoms with Crippen molar-refractivity contribution in [1.82, 2.24) is 5.32 Å². The Hall–Kier alpha value is -0.870. The fourth-order valence-electron chi connectivity index (χ4n) is 1.55. The quantitative estimate of drug-likeness (QED) is 0.724. The van der Waals surface area contributed by atoms with E-state index in [1.165, 1.54) is 0 Å². The second-order valence-corrected chi connectivity index (χ2v) is 5.34. The summed E-state index contributed by atoms with van der Waals surface area (Å²) >= 11 is 0. The van der Waals surface area contributed by atoms with E-state index >= 15 is 0 Å². The number of nitrogens with one attached hydrogen (secondary N) is 1. The maximum absolute atomic E-state index is 12.1. The molecule has 4 heteroatoms. The van der Waals surface area contributed by atoms with E-state index in [0.717, 1.165) is 30.8 Å². The minimum Gasteiger partial charge on any atom is -0.495 e. The molecule has 1 N–H and O–H groups in total. The molecule has 0 radical (unpaired) electrons. The van der Waals surface area contributed by atoms with Crippen LogP contribution in [0, 0.1) is 0 Å². The summed E-state index contributed by atoms with van der Waals surface area (Å²) < 4.78 is 17.3. The molecule has 0 heterocycles. The van der Waals surface area contributed by atoms with E-state index in [1.54, 1.807) is 7.11 Å². The lowest BCUT2D eigenvalue weighted by molar-refractivity contribution is 0.404. The van der Waals surface area contributed by atoms with E-state index in [9.17, 15) is 4.21 Å². The summed E-state index contributed by atoms with van der Waals surface area (Å²) in [5.41, 5.74) is 0. The van der Waals surface area contributed by atoms with Crippen molar-refractivity contribution < 1.29 is 8.95 Å². The molecule has 0 aromatic heterocycles. The Morgan fingerprint density at radius 3 is 2.76 bits per heavy atom. The summed E-state index contributed by atoms with van der Waals surface area (Å²) in [4.78, 5) is 0.797. The van der Waals surface area contributed by atoms with Crippen LogP contribution in [-0.2, 0) is 10.8 Å². The first kappa shape index (κ1) is 14.2. The van der Waals surface area contributed by atoms with Crippen molar-refractivity contribution in [2.75, 3.05) is 26.0 Å². The number of benzene rings is 1. The third-order valence-corrected chi connectivity index (χ3v) is 3.91. The van der Waals surface area contributed by atoms with Crippen LogP contribution in [0.25, 0.3) is 0 Å². The topological polar surface area (TPSA) is 38.3 Å². The molecule has 17 heavy (non-hydrogen) atoms. The molecule has 0 bridgehead atoms. The van der Waals surface area contributed by atoms with Gasteiger partial charge in [-0.3, -0.25) is 4.21 Å². The number of rotatable bonds is 8. The van der Waals surface area contributed by atoms with Gasteiger partial charge in [0.05, 0.1) is 22.8 Å². The van der Waals surface area contributed by atoms with Gasteiger partial charge >= 0.3 is 0 Å². The molecule has 1 atom stereocenters. The zero-order valence-electron chi connectivity index (χ0n) is 10.6. The summed E-state index contributed by atoms with van der Waals surface area (Å²) in [5, 5.41) is 3.30. The maximum atomic E-state index is 12.1. The van der Waals surface area contributed by atoms with Crippen LogP contribution in [0.15, 0.2) is 29.2 Å². The Balaban J connectivity index is 2.41. The fraction of sp³-hybridized carbons (Fsp3) is 0.538. The average molecular weight is 255 g/mol. The van der Waals surface area contributed by atoms with Gasteiger partial charge in [-0.2, -0.15) is 0 Å². The van der Waals surface area contributed by atoms with Crippen LogP contribution < -0.4 is 10.1 Å². The highest BCUT2D eigenvalue weighted by Crippen LogP contribution is 2.21. The van der Waals surface area contributed by atoms with Crippen LogP contribution in [0.3, 0.4) is 0 Å². The lowest BCUT2D eigenvalue weighted by Crippen LogP contribution is -2.17. The molecule has 0 aliphatic carbocycles. The Morgan fingerprint density at radius 1 is 1.29 bits per heavy atom. The Labute approximate surface area is 106 Å². The Bertz CT molecular complexity index is 355. The zero-order valence-corrected chi connectivity index (χ0v) is 11.4. The fourth-order valence-corrected chi connectivity index (χ4v) is 2.78. The van der Waals surface area contributed by atoms with Crippen molar-refractivity contribution in [3.63, 3.8) is 0 Å². The minimum atomic E-state index is -0.965. The minimum absolute atomic E-state index is 0.678. The van der Waals surface area contributed by atoms with Gasteiger partial charge in [0.1, 0.15) is 5.75 Å². The van der Waals surface area contributed by atoms with Gasteiger partial charge in [0, 0.05) is 5.75 Å². The first-order chi connectivity index (χ1) is 8.29. The van der Waals surface area contributed by atoms with Crippen molar-refractivity contribution >= 4 is 10.8 Å². The summed E-state index contributed by atoms with van der Waals surface area (Å²) in [7, 11) is 0.645. The van der Waals surface area contributed by atoms with Gasteiger partial charge in [-0.1, -0.05) is 19.1 Å². The monoisotopic (exact) mass is 255 g/mol. The smallest absolute Gasteiger partial charge is 0.134 e. The second-order valence-electron chi connectivity index (χ2n) is 3.80. The van der Waals surface area contributed by atoms with Gasteiger partial charge in [-0.05, 0) is 38.1 Å².